The average Bonchev–Trinajstić information content (AvgIpc) is 2.59. The minimum Gasteiger partial charge on any atom is -0.466 e. The number of carbonyl (C=O) groups is 1. The lowest BCUT2D eigenvalue weighted by molar-refractivity contribution is -0.118. The van der Waals surface area contributed by atoms with Crippen molar-refractivity contribution in [3.63, 3.8) is 0 Å². The van der Waals surface area contributed by atoms with Gasteiger partial charge in [-0.3, -0.25) is 4.79 Å². The third kappa shape index (κ3) is 2.20. The SMILES string of the molecule is Cc1c(B2OC(C)(C)C(C)(C)O2)cnc2c1NC(=O)CO2. The van der Waals surface area contributed by atoms with Crippen molar-refractivity contribution in [1.29, 1.82) is 0 Å². The van der Waals surface area contributed by atoms with Crippen molar-refractivity contribution in [3.05, 3.63) is 11.8 Å². The molecule has 1 fully saturated rings. The van der Waals surface area contributed by atoms with Gasteiger partial charge < -0.3 is 19.4 Å². The highest BCUT2D eigenvalue weighted by Gasteiger charge is 2.52. The third-order valence-electron chi connectivity index (χ3n) is 4.45. The van der Waals surface area contributed by atoms with Crippen LogP contribution in [0.3, 0.4) is 0 Å². The van der Waals surface area contributed by atoms with Crippen molar-refractivity contribution in [3.8, 4) is 5.88 Å². The van der Waals surface area contributed by atoms with E-state index >= 15 is 0 Å². The summed E-state index contributed by atoms with van der Waals surface area (Å²) in [5.41, 5.74) is 1.42. The van der Waals surface area contributed by atoms with Crippen LogP contribution in [-0.2, 0) is 14.1 Å². The Hall–Kier alpha value is -1.60. The van der Waals surface area contributed by atoms with Crippen LogP contribution in [0, 0.1) is 6.92 Å². The highest BCUT2D eigenvalue weighted by atomic mass is 16.7. The van der Waals surface area contributed by atoms with E-state index in [2.05, 4.69) is 10.3 Å². The fourth-order valence-corrected chi connectivity index (χ4v) is 2.37. The molecule has 2 aliphatic heterocycles. The molecule has 1 saturated heterocycles. The summed E-state index contributed by atoms with van der Waals surface area (Å²) in [6.45, 7) is 9.89. The molecule has 0 radical (unpaired) electrons. The van der Waals surface area contributed by atoms with E-state index in [0.29, 0.717) is 11.6 Å². The summed E-state index contributed by atoms with van der Waals surface area (Å²) in [6.07, 6.45) is 1.69. The van der Waals surface area contributed by atoms with Crippen molar-refractivity contribution in [1.82, 2.24) is 4.98 Å². The Labute approximate surface area is 124 Å². The number of hydrogen-bond donors (Lipinski definition) is 1. The zero-order valence-corrected chi connectivity index (χ0v) is 12.9. The van der Waals surface area contributed by atoms with Crippen LogP contribution in [0.1, 0.15) is 33.3 Å². The van der Waals surface area contributed by atoms with Crippen LogP contribution in [0.2, 0.25) is 0 Å². The molecule has 1 amide bonds. The number of rotatable bonds is 1. The van der Waals surface area contributed by atoms with E-state index in [1.807, 2.05) is 34.6 Å². The Bertz CT molecular complexity index is 599. The van der Waals surface area contributed by atoms with Gasteiger partial charge in [-0.25, -0.2) is 4.98 Å². The molecule has 1 aromatic rings. The maximum atomic E-state index is 11.5. The van der Waals surface area contributed by atoms with E-state index in [-0.39, 0.29) is 12.5 Å². The molecule has 7 heteroatoms. The smallest absolute Gasteiger partial charge is 0.466 e. The number of nitrogens with one attached hydrogen (secondary N) is 1. The minimum absolute atomic E-state index is 0.00469. The zero-order valence-electron chi connectivity index (χ0n) is 12.9. The first-order chi connectivity index (χ1) is 9.71. The molecule has 0 aromatic carbocycles. The Morgan fingerprint density at radius 1 is 1.24 bits per heavy atom. The van der Waals surface area contributed by atoms with Crippen LogP contribution < -0.4 is 15.5 Å². The molecule has 0 bridgehead atoms. The van der Waals surface area contributed by atoms with E-state index < -0.39 is 18.3 Å². The monoisotopic (exact) mass is 290 g/mol. The van der Waals surface area contributed by atoms with Crippen LogP contribution >= 0.6 is 0 Å². The molecule has 112 valence electrons. The molecule has 6 nitrogen and oxygen atoms in total. The van der Waals surface area contributed by atoms with Gasteiger partial charge in [-0.15, -0.1) is 0 Å². The van der Waals surface area contributed by atoms with E-state index in [1.165, 1.54) is 0 Å². The van der Waals surface area contributed by atoms with Crippen molar-refractivity contribution >= 4 is 24.2 Å². The van der Waals surface area contributed by atoms with Crippen LogP contribution in [0.25, 0.3) is 0 Å². The molecule has 0 aliphatic carbocycles. The van der Waals surface area contributed by atoms with Crippen LogP contribution in [0.5, 0.6) is 5.88 Å². The van der Waals surface area contributed by atoms with Gasteiger partial charge in [0.2, 0.25) is 5.88 Å². The maximum absolute atomic E-state index is 11.5. The highest BCUT2D eigenvalue weighted by Crippen LogP contribution is 2.37. The normalized spacial score (nSPS) is 22.5. The van der Waals surface area contributed by atoms with Gasteiger partial charge in [0.1, 0.15) is 5.69 Å². The summed E-state index contributed by atoms with van der Waals surface area (Å²) in [7, 11) is -0.508. The van der Waals surface area contributed by atoms with Gasteiger partial charge >= 0.3 is 7.12 Å². The van der Waals surface area contributed by atoms with Gasteiger partial charge in [0.15, 0.2) is 6.61 Å². The Kier molecular flexibility index (Phi) is 3.04. The Morgan fingerprint density at radius 3 is 2.48 bits per heavy atom. The van der Waals surface area contributed by atoms with Gasteiger partial charge in [0.25, 0.3) is 5.91 Å². The second-order valence-electron chi connectivity index (χ2n) is 6.44. The van der Waals surface area contributed by atoms with Crippen LogP contribution in [0.4, 0.5) is 5.69 Å². The third-order valence-corrected chi connectivity index (χ3v) is 4.45. The average molecular weight is 290 g/mol. The predicted molar refractivity (Wildman–Crippen MR) is 78.8 cm³/mol. The number of aromatic nitrogens is 1. The Balaban J connectivity index is 1.98. The lowest BCUT2D eigenvalue weighted by atomic mass is 9.77. The number of fused-ring (bicyclic) bond motifs is 1. The summed E-state index contributed by atoms with van der Waals surface area (Å²) < 4.78 is 17.4. The number of pyridine rings is 1. The van der Waals surface area contributed by atoms with Gasteiger partial charge in [0.05, 0.1) is 11.2 Å². The molecule has 1 N–H and O–H groups in total. The number of amides is 1. The van der Waals surface area contributed by atoms with Gasteiger partial charge in [-0.1, -0.05) is 0 Å². The van der Waals surface area contributed by atoms with Gasteiger partial charge in [-0.05, 0) is 40.2 Å². The van der Waals surface area contributed by atoms with E-state index in [1.54, 1.807) is 6.20 Å². The summed E-state index contributed by atoms with van der Waals surface area (Å²) in [6, 6.07) is 0. The first-order valence-electron chi connectivity index (χ1n) is 6.99. The standard InChI is InChI=1S/C14H19BN2O4/c1-8-9(15-20-13(2,3)14(4,5)21-15)6-16-12-11(8)17-10(18)7-19-12/h6H,7H2,1-5H3,(H,17,18). The number of nitrogens with zero attached hydrogens (tertiary/aromatic N) is 1. The summed E-state index contributed by atoms with van der Waals surface area (Å²) >= 11 is 0. The van der Waals surface area contributed by atoms with Crippen LogP contribution in [0.15, 0.2) is 6.20 Å². The van der Waals surface area contributed by atoms with Crippen LogP contribution in [-0.4, -0.2) is 35.8 Å². The fraction of sp³-hybridized carbons (Fsp3) is 0.571. The van der Waals surface area contributed by atoms with Crippen molar-refractivity contribution < 1.29 is 18.8 Å². The quantitative estimate of drug-likeness (QED) is 0.782. The summed E-state index contributed by atoms with van der Waals surface area (Å²) in [5.74, 6) is 0.255. The van der Waals surface area contributed by atoms with E-state index in [0.717, 1.165) is 11.0 Å². The molecule has 0 saturated carbocycles. The number of anilines is 1. The minimum atomic E-state index is -0.508. The predicted octanol–water partition coefficient (Wildman–Crippen LogP) is 1.02. The lowest BCUT2D eigenvalue weighted by Gasteiger charge is -2.32. The molecule has 0 unspecified atom stereocenters. The van der Waals surface area contributed by atoms with E-state index in [4.69, 9.17) is 14.0 Å². The van der Waals surface area contributed by atoms with Crippen molar-refractivity contribution in [2.75, 3.05) is 11.9 Å². The Morgan fingerprint density at radius 2 is 1.86 bits per heavy atom. The summed E-state index contributed by atoms with van der Waals surface area (Å²) in [4.78, 5) is 15.7. The molecular weight excluding hydrogens is 271 g/mol. The molecule has 0 atom stereocenters. The maximum Gasteiger partial charge on any atom is 0.496 e. The molecule has 1 aromatic heterocycles. The molecular formula is C14H19BN2O4. The molecule has 2 aliphatic rings. The van der Waals surface area contributed by atoms with Crippen molar-refractivity contribution in [2.45, 2.75) is 45.8 Å². The fourth-order valence-electron chi connectivity index (χ4n) is 2.37. The highest BCUT2D eigenvalue weighted by molar-refractivity contribution is 6.62. The van der Waals surface area contributed by atoms with Crippen molar-refractivity contribution in [2.24, 2.45) is 0 Å². The molecule has 21 heavy (non-hydrogen) atoms. The second-order valence-corrected chi connectivity index (χ2v) is 6.44. The second kappa shape index (κ2) is 4.45. The van der Waals surface area contributed by atoms with Gasteiger partial charge in [0, 0.05) is 11.7 Å². The summed E-state index contributed by atoms with van der Waals surface area (Å²) in [5, 5.41) is 2.80. The molecule has 3 rings (SSSR count). The molecule has 0 spiro atoms. The zero-order chi connectivity index (χ0) is 15.4. The number of hydrogen-bond acceptors (Lipinski definition) is 5. The first kappa shape index (κ1) is 14.3. The number of ether oxygens (including phenoxy) is 1. The first-order valence-corrected chi connectivity index (χ1v) is 6.99. The topological polar surface area (TPSA) is 69.7 Å². The van der Waals surface area contributed by atoms with E-state index in [9.17, 15) is 4.79 Å². The lowest BCUT2D eigenvalue weighted by Crippen LogP contribution is -2.41. The largest absolute Gasteiger partial charge is 0.496 e. The number of carbonyl (C=O) groups excluding carboxylic acids is 1. The van der Waals surface area contributed by atoms with Gasteiger partial charge in [-0.2, -0.15) is 0 Å². The molecule has 3 heterocycles.